The van der Waals surface area contributed by atoms with E-state index in [9.17, 15) is 21.6 Å². The molecule has 0 radical (unpaired) electrons. The van der Waals surface area contributed by atoms with Gasteiger partial charge in [0, 0.05) is 12.7 Å². The standard InChI is InChI=1S/C18H23N3O5S2/c1-13-5-8-15(9-6-13)28(25,26)21(4)12-18(22)20-17-11-16(10-7-14(17)2)27(23,24)19-3/h5-11,19H,12H2,1-4H3,(H,20,22). The summed E-state index contributed by atoms with van der Waals surface area (Å²) in [7, 11) is -4.89. The van der Waals surface area contributed by atoms with Gasteiger partial charge in [0.05, 0.1) is 16.3 Å². The molecule has 1 amide bonds. The molecule has 28 heavy (non-hydrogen) atoms. The predicted octanol–water partition coefficient (Wildman–Crippen LogP) is 1.47. The number of rotatable bonds is 7. The van der Waals surface area contributed by atoms with Crippen molar-refractivity contribution in [2.75, 3.05) is 26.0 Å². The van der Waals surface area contributed by atoms with Gasteiger partial charge in [0.25, 0.3) is 0 Å². The summed E-state index contributed by atoms with van der Waals surface area (Å²) in [6, 6.07) is 10.6. The number of carbonyl (C=O) groups excluding carboxylic acids is 1. The molecule has 8 nitrogen and oxygen atoms in total. The lowest BCUT2D eigenvalue weighted by molar-refractivity contribution is -0.116. The van der Waals surface area contributed by atoms with Gasteiger partial charge in [-0.05, 0) is 50.7 Å². The molecule has 10 heteroatoms. The van der Waals surface area contributed by atoms with Gasteiger partial charge in [0.2, 0.25) is 26.0 Å². The monoisotopic (exact) mass is 425 g/mol. The Kier molecular flexibility index (Phi) is 6.60. The molecule has 0 heterocycles. The van der Waals surface area contributed by atoms with E-state index in [4.69, 9.17) is 0 Å². The normalized spacial score (nSPS) is 12.2. The lowest BCUT2D eigenvalue weighted by Gasteiger charge is -2.18. The summed E-state index contributed by atoms with van der Waals surface area (Å²) in [6.07, 6.45) is 0. The van der Waals surface area contributed by atoms with E-state index in [1.54, 1.807) is 25.1 Å². The SMILES string of the molecule is CNS(=O)(=O)c1ccc(C)c(NC(=O)CN(C)S(=O)(=O)c2ccc(C)cc2)c1. The third-order valence-electron chi connectivity index (χ3n) is 4.16. The number of likely N-dealkylation sites (N-methyl/N-ethyl adjacent to an activating group) is 1. The Morgan fingerprint density at radius 1 is 0.964 bits per heavy atom. The fraction of sp³-hybridized carbons (Fsp3) is 0.278. The Labute approximate surface area is 165 Å². The second-order valence-electron chi connectivity index (χ2n) is 6.31. The number of nitrogens with zero attached hydrogens (tertiary/aromatic N) is 1. The third-order valence-corrected chi connectivity index (χ3v) is 7.39. The molecule has 0 saturated heterocycles. The van der Waals surface area contributed by atoms with Crippen LogP contribution in [0.1, 0.15) is 11.1 Å². The van der Waals surface area contributed by atoms with Crippen LogP contribution in [0.15, 0.2) is 52.3 Å². The van der Waals surface area contributed by atoms with Crippen LogP contribution in [0.5, 0.6) is 0 Å². The minimum absolute atomic E-state index is 0.00321. The summed E-state index contributed by atoms with van der Waals surface area (Å²) in [4.78, 5) is 12.4. The average molecular weight is 426 g/mol. The zero-order valence-corrected chi connectivity index (χ0v) is 17.7. The van der Waals surface area contributed by atoms with E-state index in [0.717, 1.165) is 9.87 Å². The number of nitrogens with one attached hydrogen (secondary N) is 2. The molecule has 0 atom stereocenters. The minimum atomic E-state index is -3.82. The number of hydrogen-bond donors (Lipinski definition) is 2. The van der Waals surface area contributed by atoms with Crippen LogP contribution >= 0.6 is 0 Å². The van der Waals surface area contributed by atoms with E-state index < -0.39 is 32.5 Å². The molecule has 152 valence electrons. The quantitative estimate of drug-likeness (QED) is 0.698. The highest BCUT2D eigenvalue weighted by Crippen LogP contribution is 2.20. The molecule has 0 aliphatic rings. The lowest BCUT2D eigenvalue weighted by Crippen LogP contribution is -2.35. The second kappa shape index (κ2) is 8.39. The Morgan fingerprint density at radius 3 is 2.11 bits per heavy atom. The molecule has 0 aromatic heterocycles. The van der Waals surface area contributed by atoms with Crippen LogP contribution in [0.25, 0.3) is 0 Å². The van der Waals surface area contributed by atoms with Gasteiger partial charge >= 0.3 is 0 Å². The summed E-state index contributed by atoms with van der Waals surface area (Å²) in [5, 5.41) is 2.57. The number of amides is 1. The second-order valence-corrected chi connectivity index (χ2v) is 10.2. The fourth-order valence-electron chi connectivity index (χ4n) is 2.39. The van der Waals surface area contributed by atoms with Crippen molar-refractivity contribution in [1.29, 1.82) is 0 Å². The summed E-state index contributed by atoms with van der Waals surface area (Å²) < 4.78 is 52.2. The smallest absolute Gasteiger partial charge is 0.243 e. The zero-order valence-electron chi connectivity index (χ0n) is 16.1. The van der Waals surface area contributed by atoms with Crippen molar-refractivity contribution >= 4 is 31.6 Å². The Morgan fingerprint density at radius 2 is 1.54 bits per heavy atom. The predicted molar refractivity (Wildman–Crippen MR) is 107 cm³/mol. The first-order valence-electron chi connectivity index (χ1n) is 8.34. The first kappa shape index (κ1) is 22.0. The molecule has 0 fully saturated rings. The maximum atomic E-state index is 12.6. The van der Waals surface area contributed by atoms with E-state index in [1.807, 2.05) is 6.92 Å². The zero-order chi connectivity index (χ0) is 21.1. The molecule has 0 saturated carbocycles. The molecule has 2 N–H and O–H groups in total. The summed E-state index contributed by atoms with van der Waals surface area (Å²) in [5.74, 6) is -0.583. The number of sulfonamides is 2. The molecule has 2 rings (SSSR count). The van der Waals surface area contributed by atoms with Crippen LogP contribution in [0.2, 0.25) is 0 Å². The minimum Gasteiger partial charge on any atom is -0.325 e. The van der Waals surface area contributed by atoms with Crippen LogP contribution in [-0.2, 0) is 24.8 Å². The van der Waals surface area contributed by atoms with Gasteiger partial charge in [-0.1, -0.05) is 23.8 Å². The van der Waals surface area contributed by atoms with E-state index in [1.165, 1.54) is 38.4 Å². The number of benzene rings is 2. The molecular weight excluding hydrogens is 402 g/mol. The fourth-order valence-corrected chi connectivity index (χ4v) is 4.27. The molecule has 0 aliphatic heterocycles. The van der Waals surface area contributed by atoms with E-state index in [2.05, 4.69) is 10.0 Å². The number of carbonyl (C=O) groups is 1. The Balaban J connectivity index is 2.18. The highest BCUT2D eigenvalue weighted by molar-refractivity contribution is 7.89. The first-order chi connectivity index (χ1) is 13.0. The van der Waals surface area contributed by atoms with Crippen molar-refractivity contribution in [1.82, 2.24) is 9.03 Å². The van der Waals surface area contributed by atoms with Gasteiger partial charge in [-0.25, -0.2) is 21.6 Å². The van der Waals surface area contributed by atoms with E-state index in [0.29, 0.717) is 11.3 Å². The highest BCUT2D eigenvalue weighted by Gasteiger charge is 2.23. The topological polar surface area (TPSA) is 113 Å². The van der Waals surface area contributed by atoms with E-state index >= 15 is 0 Å². The molecule has 2 aromatic rings. The van der Waals surface area contributed by atoms with E-state index in [-0.39, 0.29) is 9.79 Å². The van der Waals surface area contributed by atoms with Crippen LogP contribution in [0.3, 0.4) is 0 Å². The van der Waals surface area contributed by atoms with Crippen molar-refractivity contribution in [2.45, 2.75) is 23.6 Å². The molecule has 0 spiro atoms. The van der Waals surface area contributed by atoms with Crippen LogP contribution in [0, 0.1) is 13.8 Å². The van der Waals surface area contributed by atoms with Gasteiger partial charge in [-0.15, -0.1) is 0 Å². The summed E-state index contributed by atoms with van der Waals surface area (Å²) >= 11 is 0. The molecule has 0 bridgehead atoms. The molecule has 0 aliphatic carbocycles. The molecular formula is C18H23N3O5S2. The molecule has 0 unspecified atom stereocenters. The maximum Gasteiger partial charge on any atom is 0.243 e. The number of aryl methyl sites for hydroxylation is 2. The van der Waals surface area contributed by atoms with Gasteiger partial charge in [-0.2, -0.15) is 4.31 Å². The van der Waals surface area contributed by atoms with Crippen molar-refractivity contribution in [3.63, 3.8) is 0 Å². The summed E-state index contributed by atoms with van der Waals surface area (Å²) in [5.41, 5.74) is 1.86. The van der Waals surface area contributed by atoms with Crippen LogP contribution in [0.4, 0.5) is 5.69 Å². The Bertz CT molecular complexity index is 1080. The Hall–Kier alpha value is -2.27. The van der Waals surface area contributed by atoms with Crippen molar-refractivity contribution in [3.8, 4) is 0 Å². The number of hydrogen-bond acceptors (Lipinski definition) is 5. The summed E-state index contributed by atoms with van der Waals surface area (Å²) in [6.45, 7) is 3.13. The molecule has 2 aromatic carbocycles. The van der Waals surface area contributed by atoms with Gasteiger partial charge in [-0.3, -0.25) is 4.79 Å². The van der Waals surface area contributed by atoms with Crippen LogP contribution < -0.4 is 10.0 Å². The number of anilines is 1. The van der Waals surface area contributed by atoms with Crippen molar-refractivity contribution in [3.05, 3.63) is 53.6 Å². The largest absolute Gasteiger partial charge is 0.325 e. The maximum absolute atomic E-state index is 12.6. The lowest BCUT2D eigenvalue weighted by atomic mass is 10.2. The van der Waals surface area contributed by atoms with Crippen LogP contribution in [-0.4, -0.2) is 47.7 Å². The first-order valence-corrected chi connectivity index (χ1v) is 11.3. The average Bonchev–Trinajstić information content (AvgIpc) is 2.63. The van der Waals surface area contributed by atoms with Crippen molar-refractivity contribution < 1.29 is 21.6 Å². The highest BCUT2D eigenvalue weighted by atomic mass is 32.2. The van der Waals surface area contributed by atoms with Gasteiger partial charge in [0.1, 0.15) is 0 Å². The van der Waals surface area contributed by atoms with Gasteiger partial charge < -0.3 is 5.32 Å². The third kappa shape index (κ3) is 4.96. The van der Waals surface area contributed by atoms with Crippen molar-refractivity contribution in [2.24, 2.45) is 0 Å². The van der Waals surface area contributed by atoms with Gasteiger partial charge in [0.15, 0.2) is 0 Å².